The zero-order chi connectivity index (χ0) is 16.7. The number of ether oxygens (including phenoxy) is 1. The van der Waals surface area contributed by atoms with Crippen LogP contribution >= 0.6 is 0 Å². The van der Waals surface area contributed by atoms with Gasteiger partial charge in [-0.2, -0.15) is 0 Å². The second kappa shape index (κ2) is 8.57. The summed E-state index contributed by atoms with van der Waals surface area (Å²) >= 11 is 0. The maximum atomic E-state index is 5.18. The molecule has 0 saturated heterocycles. The van der Waals surface area contributed by atoms with E-state index in [1.54, 1.807) is 7.11 Å². The van der Waals surface area contributed by atoms with E-state index in [1.807, 2.05) is 12.1 Å². The number of allylic oxidation sites excluding steroid dienone is 1. The van der Waals surface area contributed by atoms with E-state index in [2.05, 4.69) is 63.3 Å². The van der Waals surface area contributed by atoms with Crippen molar-refractivity contribution in [2.75, 3.05) is 7.11 Å². The number of rotatable bonds is 7. The molecule has 0 bridgehead atoms. The van der Waals surface area contributed by atoms with Crippen LogP contribution in [0, 0.1) is 12.8 Å². The van der Waals surface area contributed by atoms with Crippen LogP contribution in [0.3, 0.4) is 0 Å². The molecule has 0 N–H and O–H groups in total. The number of aryl methyl sites for hydroxylation is 2. The quantitative estimate of drug-likeness (QED) is 0.623. The predicted octanol–water partition coefficient (Wildman–Crippen LogP) is 5.85. The highest BCUT2D eigenvalue weighted by Crippen LogP contribution is 2.17. The summed E-state index contributed by atoms with van der Waals surface area (Å²) in [4.78, 5) is 0. The van der Waals surface area contributed by atoms with E-state index < -0.39 is 0 Å². The molecule has 23 heavy (non-hydrogen) atoms. The molecule has 0 aliphatic rings. The van der Waals surface area contributed by atoms with Gasteiger partial charge in [0.1, 0.15) is 5.75 Å². The summed E-state index contributed by atoms with van der Waals surface area (Å²) in [7, 11) is 1.69. The van der Waals surface area contributed by atoms with Gasteiger partial charge in [0.15, 0.2) is 0 Å². The maximum absolute atomic E-state index is 5.18. The van der Waals surface area contributed by atoms with Crippen molar-refractivity contribution in [1.29, 1.82) is 0 Å². The Labute approximate surface area is 141 Å². The van der Waals surface area contributed by atoms with Crippen molar-refractivity contribution in [3.05, 3.63) is 70.8 Å². The molecule has 0 aliphatic heterocycles. The van der Waals surface area contributed by atoms with Crippen LogP contribution in [0.4, 0.5) is 0 Å². The van der Waals surface area contributed by atoms with Crippen molar-refractivity contribution in [3.8, 4) is 5.75 Å². The molecule has 122 valence electrons. The fourth-order valence-electron chi connectivity index (χ4n) is 2.81. The first-order valence-corrected chi connectivity index (χ1v) is 8.47. The van der Waals surface area contributed by atoms with Crippen molar-refractivity contribution < 1.29 is 4.74 Å². The van der Waals surface area contributed by atoms with Crippen molar-refractivity contribution in [2.45, 2.75) is 40.0 Å². The van der Waals surface area contributed by atoms with Gasteiger partial charge in [0.25, 0.3) is 0 Å². The highest BCUT2D eigenvalue weighted by molar-refractivity contribution is 5.50. The number of benzene rings is 2. The van der Waals surface area contributed by atoms with Crippen molar-refractivity contribution in [1.82, 2.24) is 0 Å². The third-order valence-corrected chi connectivity index (χ3v) is 4.06. The second-order valence-corrected chi connectivity index (χ2v) is 6.57. The lowest BCUT2D eigenvalue weighted by atomic mass is 9.96. The third kappa shape index (κ3) is 5.59. The molecule has 0 spiro atoms. The smallest absolute Gasteiger partial charge is 0.118 e. The lowest BCUT2D eigenvalue weighted by Crippen LogP contribution is -1.96. The molecule has 1 heteroatoms. The molecular formula is C22H28O. The fourth-order valence-corrected chi connectivity index (χ4v) is 2.81. The summed E-state index contributed by atoms with van der Waals surface area (Å²) in [5.41, 5.74) is 5.54. The van der Waals surface area contributed by atoms with Crippen LogP contribution in [0.15, 0.2) is 48.5 Å². The monoisotopic (exact) mass is 308 g/mol. The Morgan fingerprint density at radius 2 is 1.78 bits per heavy atom. The standard InChI is InChI=1S/C22H28O/c1-17(2)15-20-9-12-21(18(3)16-20)8-6-5-7-19-10-13-22(23-4)14-11-19/h5,7,9-14,16-17H,6,8,15H2,1-4H3. The molecule has 2 rings (SSSR count). The largest absolute Gasteiger partial charge is 0.497 e. The highest BCUT2D eigenvalue weighted by atomic mass is 16.5. The van der Waals surface area contributed by atoms with Gasteiger partial charge in [0.05, 0.1) is 7.11 Å². The molecule has 0 aromatic heterocycles. The number of hydrogen-bond donors (Lipinski definition) is 0. The average Bonchev–Trinajstić information content (AvgIpc) is 2.53. The molecule has 0 saturated carbocycles. The summed E-state index contributed by atoms with van der Waals surface area (Å²) in [6.07, 6.45) is 7.76. The third-order valence-electron chi connectivity index (χ3n) is 4.06. The normalized spacial score (nSPS) is 11.3. The van der Waals surface area contributed by atoms with E-state index in [4.69, 9.17) is 4.74 Å². The molecule has 2 aromatic rings. The van der Waals surface area contributed by atoms with Gasteiger partial charge in [-0.25, -0.2) is 0 Å². The number of hydrogen-bond acceptors (Lipinski definition) is 1. The molecule has 0 amide bonds. The van der Waals surface area contributed by atoms with Gasteiger partial charge in [0.2, 0.25) is 0 Å². The SMILES string of the molecule is COc1ccc(C=CCCc2ccc(CC(C)C)cc2C)cc1. The lowest BCUT2D eigenvalue weighted by Gasteiger charge is -2.09. The van der Waals surface area contributed by atoms with Crippen molar-refractivity contribution >= 4 is 6.08 Å². The van der Waals surface area contributed by atoms with Crippen LogP contribution in [0.25, 0.3) is 6.08 Å². The molecule has 0 fully saturated rings. The van der Waals surface area contributed by atoms with Gasteiger partial charge in [-0.05, 0) is 66.5 Å². The van der Waals surface area contributed by atoms with Crippen molar-refractivity contribution in [3.63, 3.8) is 0 Å². The molecule has 0 unspecified atom stereocenters. The highest BCUT2D eigenvalue weighted by Gasteiger charge is 2.02. The Hall–Kier alpha value is -2.02. The minimum absolute atomic E-state index is 0.715. The summed E-state index contributed by atoms with van der Waals surface area (Å²) in [5.74, 6) is 1.62. The maximum Gasteiger partial charge on any atom is 0.118 e. The molecular weight excluding hydrogens is 280 g/mol. The molecule has 0 atom stereocenters. The molecule has 2 aromatic carbocycles. The minimum atomic E-state index is 0.715. The molecule has 1 nitrogen and oxygen atoms in total. The van der Waals surface area contributed by atoms with Gasteiger partial charge in [0, 0.05) is 0 Å². The zero-order valence-corrected chi connectivity index (χ0v) is 14.8. The van der Waals surface area contributed by atoms with Gasteiger partial charge < -0.3 is 4.74 Å². The molecule has 0 heterocycles. The fraction of sp³-hybridized carbons (Fsp3) is 0.364. The first-order chi connectivity index (χ1) is 11.1. The van der Waals surface area contributed by atoms with Gasteiger partial charge >= 0.3 is 0 Å². The Balaban J connectivity index is 1.89. The van der Waals surface area contributed by atoms with E-state index >= 15 is 0 Å². The van der Waals surface area contributed by atoms with Crippen LogP contribution in [-0.2, 0) is 12.8 Å². The van der Waals surface area contributed by atoms with Crippen LogP contribution in [-0.4, -0.2) is 7.11 Å². The zero-order valence-electron chi connectivity index (χ0n) is 14.8. The van der Waals surface area contributed by atoms with Gasteiger partial charge in [-0.3, -0.25) is 0 Å². The Kier molecular flexibility index (Phi) is 6.46. The molecule has 0 radical (unpaired) electrons. The first kappa shape index (κ1) is 17.3. The Morgan fingerprint density at radius 3 is 2.39 bits per heavy atom. The van der Waals surface area contributed by atoms with E-state index in [1.165, 1.54) is 28.7 Å². The summed E-state index contributed by atoms with van der Waals surface area (Å²) < 4.78 is 5.18. The van der Waals surface area contributed by atoms with Crippen LogP contribution in [0.5, 0.6) is 5.75 Å². The topological polar surface area (TPSA) is 9.23 Å². The summed E-state index contributed by atoms with van der Waals surface area (Å²) in [5, 5.41) is 0. The summed E-state index contributed by atoms with van der Waals surface area (Å²) in [6.45, 7) is 6.77. The Morgan fingerprint density at radius 1 is 1.04 bits per heavy atom. The molecule has 0 aliphatic carbocycles. The minimum Gasteiger partial charge on any atom is -0.497 e. The van der Waals surface area contributed by atoms with Gasteiger partial charge in [-0.15, -0.1) is 0 Å². The van der Waals surface area contributed by atoms with E-state index in [0.29, 0.717) is 5.92 Å². The van der Waals surface area contributed by atoms with Crippen LogP contribution < -0.4 is 4.74 Å². The van der Waals surface area contributed by atoms with Crippen LogP contribution in [0.2, 0.25) is 0 Å². The predicted molar refractivity (Wildman–Crippen MR) is 100 cm³/mol. The van der Waals surface area contributed by atoms with Gasteiger partial charge in [-0.1, -0.05) is 56.3 Å². The van der Waals surface area contributed by atoms with Crippen LogP contribution in [0.1, 0.15) is 42.5 Å². The average molecular weight is 308 g/mol. The van der Waals surface area contributed by atoms with E-state index in [0.717, 1.165) is 18.6 Å². The number of methoxy groups -OCH3 is 1. The van der Waals surface area contributed by atoms with Crippen molar-refractivity contribution in [2.24, 2.45) is 5.92 Å². The Bertz CT molecular complexity index is 636. The summed E-state index contributed by atoms with van der Waals surface area (Å²) in [6, 6.07) is 15.1. The lowest BCUT2D eigenvalue weighted by molar-refractivity contribution is 0.415. The van der Waals surface area contributed by atoms with E-state index in [9.17, 15) is 0 Å². The van der Waals surface area contributed by atoms with E-state index in [-0.39, 0.29) is 0 Å². The second-order valence-electron chi connectivity index (χ2n) is 6.57. The first-order valence-electron chi connectivity index (χ1n) is 8.47.